The molecule has 1 aromatic heterocycles. The molecule has 0 aliphatic rings. The number of rotatable bonds is 4. The monoisotopic (exact) mass is 198 g/mol. The van der Waals surface area contributed by atoms with Crippen LogP contribution in [0.4, 0.5) is 11.5 Å². The number of aliphatic hydroxyl groups excluding tert-OH is 1. The van der Waals surface area contributed by atoms with Gasteiger partial charge in [-0.1, -0.05) is 0 Å². The topological polar surface area (TPSA) is 104 Å². The summed E-state index contributed by atoms with van der Waals surface area (Å²) >= 11 is 0. The molecule has 0 bridgehead atoms. The summed E-state index contributed by atoms with van der Waals surface area (Å²) in [4.78, 5) is 17.2. The van der Waals surface area contributed by atoms with Gasteiger partial charge >= 0.3 is 0 Å². The molecule has 1 rings (SSSR count). The van der Waals surface area contributed by atoms with Gasteiger partial charge in [-0.2, -0.15) is 0 Å². The molecule has 1 heterocycles. The molecule has 1 atom stereocenters. The number of nitrogen functional groups attached to an aromatic ring is 1. The Morgan fingerprint density at radius 2 is 2.50 bits per heavy atom. The highest BCUT2D eigenvalue weighted by molar-refractivity contribution is 5.58. The van der Waals surface area contributed by atoms with Crippen LogP contribution in [0.1, 0.15) is 13.3 Å². The van der Waals surface area contributed by atoms with Crippen LogP contribution in [0.25, 0.3) is 0 Å². The zero-order chi connectivity index (χ0) is 10.6. The molecular formula is C8H14N4O2. The fourth-order valence-electron chi connectivity index (χ4n) is 0.951. The minimum Gasteiger partial charge on any atom is -0.393 e. The van der Waals surface area contributed by atoms with Crippen LogP contribution in [0.3, 0.4) is 0 Å². The maximum absolute atomic E-state index is 11.0. The molecule has 1 aromatic rings. The molecule has 0 fully saturated rings. The lowest BCUT2D eigenvalue weighted by molar-refractivity contribution is 0.188. The van der Waals surface area contributed by atoms with Crippen molar-refractivity contribution >= 4 is 11.5 Å². The third-order valence-electron chi connectivity index (χ3n) is 1.74. The summed E-state index contributed by atoms with van der Waals surface area (Å²) in [7, 11) is 0. The Morgan fingerprint density at radius 1 is 1.79 bits per heavy atom. The van der Waals surface area contributed by atoms with Gasteiger partial charge in [-0.3, -0.25) is 4.79 Å². The first-order valence-electron chi connectivity index (χ1n) is 4.36. The van der Waals surface area contributed by atoms with Crippen molar-refractivity contribution in [3.8, 4) is 0 Å². The molecule has 6 heteroatoms. The van der Waals surface area contributed by atoms with Crippen LogP contribution >= 0.6 is 0 Å². The Labute approximate surface area is 81.2 Å². The first-order valence-corrected chi connectivity index (χ1v) is 4.36. The molecule has 0 aliphatic carbocycles. The van der Waals surface area contributed by atoms with E-state index in [-0.39, 0.29) is 17.4 Å². The number of hydrogen-bond acceptors (Lipinski definition) is 5. The first-order chi connectivity index (χ1) is 6.61. The van der Waals surface area contributed by atoms with E-state index in [0.717, 1.165) is 0 Å². The summed E-state index contributed by atoms with van der Waals surface area (Å²) in [6.45, 7) is 2.22. The number of aromatic amines is 1. The number of aromatic nitrogens is 2. The highest BCUT2D eigenvalue weighted by Crippen LogP contribution is 2.06. The SMILES string of the molecule is CC(O)CCNc1nc[nH]c(=O)c1N. The van der Waals surface area contributed by atoms with E-state index >= 15 is 0 Å². The molecule has 0 amide bonds. The normalized spacial score (nSPS) is 12.4. The minimum atomic E-state index is -0.384. The van der Waals surface area contributed by atoms with Crippen molar-refractivity contribution in [3.63, 3.8) is 0 Å². The quantitative estimate of drug-likeness (QED) is 0.524. The van der Waals surface area contributed by atoms with E-state index < -0.39 is 0 Å². The highest BCUT2D eigenvalue weighted by Gasteiger charge is 2.03. The van der Waals surface area contributed by atoms with Crippen LogP contribution in [0.2, 0.25) is 0 Å². The van der Waals surface area contributed by atoms with Crippen LogP contribution in [0, 0.1) is 0 Å². The Kier molecular flexibility index (Phi) is 3.47. The summed E-state index contributed by atoms with van der Waals surface area (Å²) in [6.07, 6.45) is 1.47. The molecule has 0 spiro atoms. The third kappa shape index (κ3) is 2.74. The van der Waals surface area contributed by atoms with Crippen molar-refractivity contribution in [2.75, 3.05) is 17.6 Å². The number of hydrogen-bond donors (Lipinski definition) is 4. The second-order valence-electron chi connectivity index (χ2n) is 3.06. The van der Waals surface area contributed by atoms with Gasteiger partial charge in [0.2, 0.25) is 0 Å². The lowest BCUT2D eigenvalue weighted by Gasteiger charge is -2.07. The van der Waals surface area contributed by atoms with Gasteiger partial charge in [-0.25, -0.2) is 4.98 Å². The fraction of sp³-hybridized carbons (Fsp3) is 0.500. The molecule has 1 unspecified atom stereocenters. The molecule has 0 aliphatic heterocycles. The molecule has 78 valence electrons. The van der Waals surface area contributed by atoms with Gasteiger partial charge in [0.25, 0.3) is 5.56 Å². The summed E-state index contributed by atoms with van der Waals surface area (Å²) in [5, 5.41) is 11.9. The van der Waals surface area contributed by atoms with Crippen molar-refractivity contribution in [2.24, 2.45) is 0 Å². The molecule has 0 saturated carbocycles. The van der Waals surface area contributed by atoms with Crippen LogP contribution in [-0.2, 0) is 0 Å². The smallest absolute Gasteiger partial charge is 0.276 e. The third-order valence-corrected chi connectivity index (χ3v) is 1.74. The van der Waals surface area contributed by atoms with Crippen LogP contribution in [-0.4, -0.2) is 27.7 Å². The van der Waals surface area contributed by atoms with Gasteiger partial charge in [0.15, 0.2) is 5.82 Å². The van der Waals surface area contributed by atoms with E-state index in [0.29, 0.717) is 18.8 Å². The molecular weight excluding hydrogens is 184 g/mol. The summed E-state index contributed by atoms with van der Waals surface area (Å²) in [6, 6.07) is 0. The molecule has 0 saturated heterocycles. The van der Waals surface area contributed by atoms with Crippen molar-refractivity contribution in [2.45, 2.75) is 19.4 Å². The average Bonchev–Trinajstić information content (AvgIpc) is 2.12. The van der Waals surface area contributed by atoms with Crippen molar-refractivity contribution in [3.05, 3.63) is 16.7 Å². The van der Waals surface area contributed by atoms with Gasteiger partial charge in [0.1, 0.15) is 5.69 Å². The molecule has 0 radical (unpaired) electrons. The Hall–Kier alpha value is -1.56. The summed E-state index contributed by atoms with van der Waals surface area (Å²) < 4.78 is 0. The number of nitrogens with one attached hydrogen (secondary N) is 2. The van der Waals surface area contributed by atoms with Gasteiger partial charge in [0, 0.05) is 6.54 Å². The molecule has 6 nitrogen and oxygen atoms in total. The maximum Gasteiger partial charge on any atom is 0.276 e. The Morgan fingerprint density at radius 3 is 3.14 bits per heavy atom. The Balaban J connectivity index is 2.59. The average molecular weight is 198 g/mol. The minimum absolute atomic E-state index is 0.0677. The van der Waals surface area contributed by atoms with Crippen LogP contribution < -0.4 is 16.6 Å². The lowest BCUT2D eigenvalue weighted by Crippen LogP contribution is -2.18. The zero-order valence-electron chi connectivity index (χ0n) is 7.95. The van der Waals surface area contributed by atoms with Gasteiger partial charge in [-0.05, 0) is 13.3 Å². The van der Waals surface area contributed by atoms with Crippen molar-refractivity contribution < 1.29 is 5.11 Å². The van der Waals surface area contributed by atoms with E-state index in [2.05, 4.69) is 15.3 Å². The van der Waals surface area contributed by atoms with E-state index in [9.17, 15) is 4.79 Å². The first kappa shape index (κ1) is 10.5. The van der Waals surface area contributed by atoms with Gasteiger partial charge < -0.3 is 21.1 Å². The second-order valence-corrected chi connectivity index (χ2v) is 3.06. The highest BCUT2D eigenvalue weighted by atomic mass is 16.3. The summed E-state index contributed by atoms with van der Waals surface area (Å²) in [5.41, 5.74) is 5.17. The largest absolute Gasteiger partial charge is 0.393 e. The molecule has 14 heavy (non-hydrogen) atoms. The number of nitrogens with zero attached hydrogens (tertiary/aromatic N) is 1. The Bertz CT molecular complexity index is 347. The number of anilines is 2. The molecule has 0 aromatic carbocycles. The van der Waals surface area contributed by atoms with E-state index in [1.165, 1.54) is 6.33 Å². The summed E-state index contributed by atoms with van der Waals surface area (Å²) in [5.74, 6) is 0.356. The molecule has 5 N–H and O–H groups in total. The van der Waals surface area contributed by atoms with E-state index in [1.54, 1.807) is 6.92 Å². The van der Waals surface area contributed by atoms with Crippen LogP contribution in [0.5, 0.6) is 0 Å². The van der Waals surface area contributed by atoms with Gasteiger partial charge in [0.05, 0.1) is 12.4 Å². The standard InChI is InChI=1S/C8H14N4O2/c1-5(13)2-3-10-7-6(9)8(14)12-4-11-7/h4-5,13H,2-3,9H2,1H3,(H2,10,11,12,14). The van der Waals surface area contributed by atoms with Crippen molar-refractivity contribution in [1.29, 1.82) is 0 Å². The lowest BCUT2D eigenvalue weighted by atomic mass is 10.3. The van der Waals surface area contributed by atoms with E-state index in [1.807, 2.05) is 0 Å². The fourth-order valence-corrected chi connectivity index (χ4v) is 0.951. The second kappa shape index (κ2) is 4.61. The maximum atomic E-state index is 11.0. The van der Waals surface area contributed by atoms with E-state index in [4.69, 9.17) is 10.8 Å². The predicted molar refractivity (Wildman–Crippen MR) is 54.1 cm³/mol. The number of H-pyrrole nitrogens is 1. The number of nitrogens with two attached hydrogens (primary N) is 1. The zero-order valence-corrected chi connectivity index (χ0v) is 7.95. The predicted octanol–water partition coefficient (Wildman–Crippen LogP) is -0.465. The van der Waals surface area contributed by atoms with Crippen molar-refractivity contribution in [1.82, 2.24) is 9.97 Å². The number of aliphatic hydroxyl groups is 1. The van der Waals surface area contributed by atoms with Crippen LogP contribution in [0.15, 0.2) is 11.1 Å². The van der Waals surface area contributed by atoms with Gasteiger partial charge in [-0.15, -0.1) is 0 Å².